The van der Waals surface area contributed by atoms with Crippen molar-refractivity contribution < 1.29 is 9.47 Å². The molecule has 0 bridgehead atoms. The standard InChI is InChI=1S/C12H17N3O2.ClH/c1-16-10-4-2-3-9(12(13)14)11(10)15-5-7-17-8-6-15;/h2-4H,5-8H2,1H3,(H3,13,14);1H. The van der Waals surface area contributed by atoms with E-state index < -0.39 is 0 Å². The Hall–Kier alpha value is -1.46. The highest BCUT2D eigenvalue weighted by molar-refractivity contribution is 6.01. The lowest BCUT2D eigenvalue weighted by atomic mass is 10.1. The number of hydrogen-bond donors (Lipinski definition) is 2. The Balaban J connectivity index is 0.00000162. The summed E-state index contributed by atoms with van der Waals surface area (Å²) < 4.78 is 10.7. The van der Waals surface area contributed by atoms with E-state index in [-0.39, 0.29) is 18.2 Å². The minimum absolute atomic E-state index is 0. The SMILES string of the molecule is COc1cccc(C(=N)N)c1N1CCOCC1.Cl. The van der Waals surface area contributed by atoms with Crippen LogP contribution in [0.5, 0.6) is 5.75 Å². The van der Waals surface area contributed by atoms with E-state index in [9.17, 15) is 0 Å². The number of rotatable bonds is 3. The Kier molecular flexibility index (Phi) is 5.25. The van der Waals surface area contributed by atoms with E-state index in [0.29, 0.717) is 18.8 Å². The van der Waals surface area contributed by atoms with Gasteiger partial charge in [-0.15, -0.1) is 12.4 Å². The minimum Gasteiger partial charge on any atom is -0.495 e. The van der Waals surface area contributed by atoms with Crippen molar-refractivity contribution in [3.05, 3.63) is 23.8 Å². The van der Waals surface area contributed by atoms with Crippen LogP contribution in [0.3, 0.4) is 0 Å². The first-order valence-corrected chi connectivity index (χ1v) is 5.58. The van der Waals surface area contributed by atoms with E-state index in [1.54, 1.807) is 7.11 Å². The van der Waals surface area contributed by atoms with Crippen molar-refractivity contribution in [3.8, 4) is 5.75 Å². The summed E-state index contributed by atoms with van der Waals surface area (Å²) in [5.41, 5.74) is 7.22. The number of nitrogens with two attached hydrogens (primary N) is 1. The number of para-hydroxylation sites is 1. The van der Waals surface area contributed by atoms with Gasteiger partial charge >= 0.3 is 0 Å². The van der Waals surface area contributed by atoms with Crippen molar-refractivity contribution in [1.82, 2.24) is 0 Å². The van der Waals surface area contributed by atoms with Gasteiger partial charge in [-0.2, -0.15) is 0 Å². The zero-order chi connectivity index (χ0) is 12.3. The molecule has 0 aliphatic carbocycles. The second-order valence-electron chi connectivity index (χ2n) is 3.87. The van der Waals surface area contributed by atoms with Gasteiger partial charge in [0.15, 0.2) is 0 Å². The fraction of sp³-hybridized carbons (Fsp3) is 0.417. The number of nitrogens with one attached hydrogen (secondary N) is 1. The molecule has 0 aromatic heterocycles. The normalized spacial score (nSPS) is 14.8. The first kappa shape index (κ1) is 14.6. The molecule has 0 radical (unpaired) electrons. The molecule has 1 aliphatic rings. The van der Waals surface area contributed by atoms with Crippen molar-refractivity contribution in [2.45, 2.75) is 0 Å². The van der Waals surface area contributed by atoms with Gasteiger partial charge in [-0.25, -0.2) is 0 Å². The maximum atomic E-state index is 7.63. The summed E-state index contributed by atoms with van der Waals surface area (Å²) in [5, 5.41) is 7.63. The second-order valence-corrected chi connectivity index (χ2v) is 3.87. The van der Waals surface area contributed by atoms with Crippen molar-refractivity contribution in [2.24, 2.45) is 5.73 Å². The van der Waals surface area contributed by atoms with Crippen LogP contribution in [-0.4, -0.2) is 39.2 Å². The summed E-state index contributed by atoms with van der Waals surface area (Å²) in [5.74, 6) is 0.810. The second kappa shape index (κ2) is 6.47. The molecule has 18 heavy (non-hydrogen) atoms. The number of morpholine rings is 1. The Labute approximate surface area is 113 Å². The Morgan fingerprint density at radius 2 is 2.06 bits per heavy atom. The van der Waals surface area contributed by atoms with Gasteiger partial charge in [-0.3, -0.25) is 5.41 Å². The summed E-state index contributed by atoms with van der Waals surface area (Å²) in [7, 11) is 1.63. The predicted octanol–water partition coefficient (Wildman–Crippen LogP) is 1.24. The van der Waals surface area contributed by atoms with Crippen LogP contribution in [0.25, 0.3) is 0 Å². The molecule has 1 heterocycles. The average Bonchev–Trinajstić information content (AvgIpc) is 2.38. The third kappa shape index (κ3) is 2.86. The lowest BCUT2D eigenvalue weighted by Gasteiger charge is -2.31. The highest BCUT2D eigenvalue weighted by atomic mass is 35.5. The molecular formula is C12H18ClN3O2. The number of methoxy groups -OCH3 is 1. The Morgan fingerprint density at radius 1 is 1.39 bits per heavy atom. The van der Waals surface area contributed by atoms with Crippen molar-refractivity contribution >= 4 is 23.9 Å². The lowest BCUT2D eigenvalue weighted by Crippen LogP contribution is -2.37. The van der Waals surface area contributed by atoms with E-state index in [4.69, 9.17) is 20.6 Å². The summed E-state index contributed by atoms with van der Waals surface area (Å²) in [6.07, 6.45) is 0. The monoisotopic (exact) mass is 271 g/mol. The Morgan fingerprint density at radius 3 is 2.61 bits per heavy atom. The fourth-order valence-electron chi connectivity index (χ4n) is 2.02. The van der Waals surface area contributed by atoms with Gasteiger partial charge in [0.1, 0.15) is 11.6 Å². The molecule has 0 atom stereocenters. The fourth-order valence-corrected chi connectivity index (χ4v) is 2.02. The number of halogens is 1. The molecule has 1 aliphatic heterocycles. The van der Waals surface area contributed by atoms with Gasteiger partial charge in [0, 0.05) is 18.7 Å². The van der Waals surface area contributed by atoms with Gasteiger partial charge in [-0.05, 0) is 12.1 Å². The molecule has 1 aromatic rings. The molecular weight excluding hydrogens is 254 g/mol. The third-order valence-corrected chi connectivity index (χ3v) is 2.84. The van der Waals surface area contributed by atoms with Crippen molar-refractivity contribution in [1.29, 1.82) is 5.41 Å². The highest BCUT2D eigenvalue weighted by Crippen LogP contribution is 2.32. The Bertz CT molecular complexity index is 420. The molecule has 0 unspecified atom stereocenters. The number of nitrogen functional groups attached to an aromatic ring is 1. The zero-order valence-corrected chi connectivity index (χ0v) is 11.1. The topological polar surface area (TPSA) is 71.6 Å². The van der Waals surface area contributed by atoms with Gasteiger partial charge in [0.05, 0.1) is 26.0 Å². The molecule has 2 rings (SSSR count). The van der Waals surface area contributed by atoms with Gasteiger partial charge in [0.25, 0.3) is 0 Å². The average molecular weight is 272 g/mol. The first-order valence-electron chi connectivity index (χ1n) is 5.58. The van der Waals surface area contributed by atoms with Gasteiger partial charge in [0.2, 0.25) is 0 Å². The van der Waals surface area contributed by atoms with Crippen molar-refractivity contribution in [3.63, 3.8) is 0 Å². The third-order valence-electron chi connectivity index (χ3n) is 2.84. The van der Waals surface area contributed by atoms with Crippen LogP contribution in [0, 0.1) is 5.41 Å². The maximum Gasteiger partial charge on any atom is 0.142 e. The summed E-state index contributed by atoms with van der Waals surface area (Å²) >= 11 is 0. The van der Waals surface area contributed by atoms with E-state index in [1.165, 1.54) is 0 Å². The van der Waals surface area contributed by atoms with E-state index in [1.807, 2.05) is 18.2 Å². The largest absolute Gasteiger partial charge is 0.495 e. The summed E-state index contributed by atoms with van der Waals surface area (Å²) in [6, 6.07) is 5.58. The number of hydrogen-bond acceptors (Lipinski definition) is 4. The number of nitrogens with zero attached hydrogens (tertiary/aromatic N) is 1. The summed E-state index contributed by atoms with van der Waals surface area (Å²) in [6.45, 7) is 2.96. The van der Waals surface area contributed by atoms with Crippen molar-refractivity contribution in [2.75, 3.05) is 38.3 Å². The molecule has 0 saturated carbocycles. The van der Waals surface area contributed by atoms with Crippen LogP contribution in [0.2, 0.25) is 0 Å². The molecule has 0 spiro atoms. The molecule has 1 aromatic carbocycles. The lowest BCUT2D eigenvalue weighted by molar-refractivity contribution is 0.122. The van der Waals surface area contributed by atoms with Crippen LogP contribution >= 0.6 is 12.4 Å². The van der Waals surface area contributed by atoms with Crippen LogP contribution in [-0.2, 0) is 4.74 Å². The van der Waals surface area contributed by atoms with Gasteiger partial charge < -0.3 is 20.1 Å². The number of benzene rings is 1. The van der Waals surface area contributed by atoms with Crippen LogP contribution in [0.4, 0.5) is 5.69 Å². The first-order chi connectivity index (χ1) is 8.24. The highest BCUT2D eigenvalue weighted by Gasteiger charge is 2.20. The molecule has 1 saturated heterocycles. The van der Waals surface area contributed by atoms with E-state index in [2.05, 4.69) is 4.90 Å². The molecule has 5 nitrogen and oxygen atoms in total. The smallest absolute Gasteiger partial charge is 0.142 e. The zero-order valence-electron chi connectivity index (χ0n) is 10.3. The maximum absolute atomic E-state index is 7.63. The number of ether oxygens (including phenoxy) is 2. The van der Waals surface area contributed by atoms with E-state index in [0.717, 1.165) is 24.5 Å². The number of anilines is 1. The van der Waals surface area contributed by atoms with E-state index >= 15 is 0 Å². The van der Waals surface area contributed by atoms with Crippen LogP contribution in [0.15, 0.2) is 18.2 Å². The summed E-state index contributed by atoms with van der Waals surface area (Å²) in [4.78, 5) is 2.15. The molecule has 0 amide bonds. The molecule has 100 valence electrons. The molecule has 1 fully saturated rings. The quantitative estimate of drug-likeness (QED) is 0.641. The number of amidine groups is 1. The van der Waals surface area contributed by atoms with Gasteiger partial charge in [-0.1, -0.05) is 6.07 Å². The van der Waals surface area contributed by atoms with Crippen LogP contribution in [0.1, 0.15) is 5.56 Å². The predicted molar refractivity (Wildman–Crippen MR) is 74.3 cm³/mol. The van der Waals surface area contributed by atoms with Crippen LogP contribution < -0.4 is 15.4 Å². The molecule has 3 N–H and O–H groups in total. The minimum atomic E-state index is 0. The molecule has 6 heteroatoms.